The van der Waals surface area contributed by atoms with E-state index in [-0.39, 0.29) is 17.9 Å². The third-order valence-corrected chi connectivity index (χ3v) is 4.44. The molecule has 0 spiro atoms. The van der Waals surface area contributed by atoms with Gasteiger partial charge in [0.2, 0.25) is 5.28 Å². The largest absolute Gasteiger partial charge is 0.395 e. The summed E-state index contributed by atoms with van der Waals surface area (Å²) in [5, 5.41) is 20.5. The molecule has 0 radical (unpaired) electrons. The van der Waals surface area contributed by atoms with Gasteiger partial charge in [0.25, 0.3) is 0 Å². The molecule has 6 nitrogen and oxygen atoms in total. The lowest BCUT2D eigenvalue weighted by molar-refractivity contribution is 0.0475. The summed E-state index contributed by atoms with van der Waals surface area (Å²) in [6.07, 6.45) is 7.47. The van der Waals surface area contributed by atoms with Crippen LogP contribution in [0.4, 0.5) is 5.82 Å². The molecule has 1 aliphatic carbocycles. The molecule has 4 N–H and O–H groups in total. The maximum Gasteiger partial charge on any atom is 0.226 e. The van der Waals surface area contributed by atoms with Crippen molar-refractivity contribution < 1.29 is 10.2 Å². The van der Waals surface area contributed by atoms with Crippen LogP contribution < -0.4 is 5.73 Å². The molecule has 2 aromatic heterocycles. The van der Waals surface area contributed by atoms with Gasteiger partial charge in [-0.3, -0.25) is 0 Å². The minimum atomic E-state index is -0.913. The van der Waals surface area contributed by atoms with Gasteiger partial charge in [0, 0.05) is 12.2 Å². The van der Waals surface area contributed by atoms with E-state index in [1.807, 2.05) is 16.8 Å². The van der Waals surface area contributed by atoms with E-state index in [0.29, 0.717) is 29.7 Å². The number of nitrogens with two attached hydrogens (primary N) is 1. The summed E-state index contributed by atoms with van der Waals surface area (Å²) in [5.74, 6) is 2.86. The summed E-state index contributed by atoms with van der Waals surface area (Å²) in [4.78, 5) is 8.12. The predicted octanol–water partition coefficient (Wildman–Crippen LogP) is 0.975. The van der Waals surface area contributed by atoms with Crippen molar-refractivity contribution in [3.8, 4) is 12.3 Å². The Kier molecular flexibility index (Phi) is 3.29. The van der Waals surface area contributed by atoms with Crippen LogP contribution in [0.5, 0.6) is 0 Å². The Balaban J connectivity index is 2.05. The van der Waals surface area contributed by atoms with Crippen LogP contribution >= 0.6 is 11.6 Å². The molecule has 21 heavy (non-hydrogen) atoms. The van der Waals surface area contributed by atoms with Crippen molar-refractivity contribution in [3.05, 3.63) is 17.5 Å². The van der Waals surface area contributed by atoms with Gasteiger partial charge >= 0.3 is 0 Å². The van der Waals surface area contributed by atoms with Crippen molar-refractivity contribution in [1.29, 1.82) is 0 Å². The van der Waals surface area contributed by atoms with Crippen LogP contribution in [0, 0.1) is 17.8 Å². The fourth-order valence-electron chi connectivity index (χ4n) is 3.03. The topological polar surface area (TPSA) is 97.2 Å². The number of anilines is 1. The molecule has 0 saturated heterocycles. The zero-order valence-corrected chi connectivity index (χ0v) is 12.0. The maximum absolute atomic E-state index is 10.2. The molecule has 0 unspecified atom stereocenters. The Morgan fingerprint density at radius 1 is 1.57 bits per heavy atom. The zero-order chi connectivity index (χ0) is 15.2. The standard InChI is InChI=1S/C14H15ClN4O2/c1-2-14(7-20)6-8(5-10(14)21)19-4-3-9-11(16)17-13(15)18-12(9)19/h1,3-4,8,10,20-21H,5-7H2,(H2,16,17,18)/t8-,10-,14+/m0/s1. The van der Waals surface area contributed by atoms with Gasteiger partial charge in [-0.05, 0) is 30.5 Å². The zero-order valence-electron chi connectivity index (χ0n) is 11.2. The summed E-state index contributed by atoms with van der Waals surface area (Å²) in [6.45, 7) is -0.252. The number of aliphatic hydroxyl groups excluding tert-OH is 2. The number of hydrogen-bond acceptors (Lipinski definition) is 5. The van der Waals surface area contributed by atoms with Crippen LogP contribution in [0.2, 0.25) is 5.28 Å². The summed E-state index contributed by atoms with van der Waals surface area (Å²) >= 11 is 5.86. The van der Waals surface area contributed by atoms with Crippen LogP contribution in [0.15, 0.2) is 12.3 Å². The van der Waals surface area contributed by atoms with E-state index in [4.69, 9.17) is 23.8 Å². The van der Waals surface area contributed by atoms with Gasteiger partial charge in [-0.25, -0.2) is 4.98 Å². The second kappa shape index (κ2) is 4.88. The number of terminal acetylenes is 1. The van der Waals surface area contributed by atoms with Crippen molar-refractivity contribution in [2.75, 3.05) is 12.3 Å². The van der Waals surface area contributed by atoms with Gasteiger partial charge in [-0.15, -0.1) is 6.42 Å². The first-order valence-electron chi connectivity index (χ1n) is 6.57. The monoisotopic (exact) mass is 306 g/mol. The molecule has 3 rings (SSSR count). The lowest BCUT2D eigenvalue weighted by Gasteiger charge is -2.23. The minimum absolute atomic E-state index is 0.0730. The summed E-state index contributed by atoms with van der Waals surface area (Å²) in [6, 6.07) is 1.73. The van der Waals surface area contributed by atoms with E-state index in [1.54, 1.807) is 0 Å². The van der Waals surface area contributed by atoms with Gasteiger partial charge in [-0.1, -0.05) is 5.92 Å². The molecule has 1 fully saturated rings. The first kappa shape index (κ1) is 14.1. The molecule has 0 bridgehead atoms. The summed E-state index contributed by atoms with van der Waals surface area (Å²) < 4.78 is 1.89. The first-order chi connectivity index (χ1) is 10.0. The Morgan fingerprint density at radius 3 is 2.95 bits per heavy atom. The quantitative estimate of drug-likeness (QED) is 0.567. The number of hydrogen-bond donors (Lipinski definition) is 3. The highest BCUT2D eigenvalue weighted by Crippen LogP contribution is 2.45. The molecule has 0 aliphatic heterocycles. The molecule has 110 valence electrons. The average molecular weight is 307 g/mol. The van der Waals surface area contributed by atoms with Crippen LogP contribution in [0.3, 0.4) is 0 Å². The lowest BCUT2D eigenvalue weighted by Crippen LogP contribution is -2.31. The third kappa shape index (κ3) is 2.05. The Labute approximate surface area is 126 Å². The molecule has 3 atom stereocenters. The van der Waals surface area contributed by atoms with E-state index >= 15 is 0 Å². The highest BCUT2D eigenvalue weighted by atomic mass is 35.5. The maximum atomic E-state index is 10.2. The normalized spacial score (nSPS) is 28.9. The van der Waals surface area contributed by atoms with Crippen molar-refractivity contribution in [2.45, 2.75) is 25.0 Å². The Bertz CT molecular complexity index is 738. The van der Waals surface area contributed by atoms with E-state index < -0.39 is 11.5 Å². The molecule has 2 heterocycles. The number of rotatable bonds is 2. The molecule has 7 heteroatoms. The lowest BCUT2D eigenvalue weighted by atomic mass is 9.86. The van der Waals surface area contributed by atoms with Crippen molar-refractivity contribution >= 4 is 28.5 Å². The van der Waals surface area contributed by atoms with E-state index in [1.165, 1.54) is 0 Å². The van der Waals surface area contributed by atoms with E-state index in [0.717, 1.165) is 0 Å². The van der Waals surface area contributed by atoms with Gasteiger partial charge in [0.15, 0.2) is 0 Å². The van der Waals surface area contributed by atoms with Crippen molar-refractivity contribution in [3.63, 3.8) is 0 Å². The molecule has 0 aromatic carbocycles. The predicted molar refractivity (Wildman–Crippen MR) is 79.6 cm³/mol. The fourth-order valence-corrected chi connectivity index (χ4v) is 3.20. The van der Waals surface area contributed by atoms with Crippen LogP contribution in [-0.2, 0) is 0 Å². The van der Waals surface area contributed by atoms with Crippen LogP contribution in [-0.4, -0.2) is 37.5 Å². The smallest absolute Gasteiger partial charge is 0.226 e. The Hall–Kier alpha value is -1.81. The SMILES string of the molecule is C#C[C@]1(CO)C[C@@H](n2ccc3c(N)nc(Cl)nc32)C[C@@H]1O. The first-order valence-corrected chi connectivity index (χ1v) is 6.95. The number of aliphatic hydroxyl groups is 2. The van der Waals surface area contributed by atoms with Gasteiger partial charge in [0.05, 0.1) is 23.5 Å². The van der Waals surface area contributed by atoms with Crippen molar-refractivity contribution in [1.82, 2.24) is 14.5 Å². The number of halogens is 1. The summed E-state index contributed by atoms with van der Waals surface area (Å²) in [5.41, 5.74) is 5.53. The number of nitrogen functional groups attached to an aromatic ring is 1. The van der Waals surface area contributed by atoms with Gasteiger partial charge in [0.1, 0.15) is 11.5 Å². The average Bonchev–Trinajstić information content (AvgIpc) is 3.00. The highest BCUT2D eigenvalue weighted by Gasteiger charge is 2.46. The molecular formula is C14H15ClN4O2. The van der Waals surface area contributed by atoms with Gasteiger partial charge < -0.3 is 20.5 Å². The molecule has 2 aromatic rings. The van der Waals surface area contributed by atoms with Gasteiger partial charge in [-0.2, -0.15) is 4.98 Å². The second-order valence-corrected chi connectivity index (χ2v) is 5.74. The Morgan fingerprint density at radius 2 is 2.33 bits per heavy atom. The van der Waals surface area contributed by atoms with E-state index in [9.17, 15) is 10.2 Å². The fraction of sp³-hybridized carbons (Fsp3) is 0.429. The molecule has 1 saturated carbocycles. The number of aromatic nitrogens is 3. The third-order valence-electron chi connectivity index (χ3n) is 4.27. The molecule has 0 amide bonds. The number of fused-ring (bicyclic) bond motifs is 1. The van der Waals surface area contributed by atoms with E-state index in [2.05, 4.69) is 15.9 Å². The summed E-state index contributed by atoms with van der Waals surface area (Å²) in [7, 11) is 0. The molecular weight excluding hydrogens is 292 g/mol. The minimum Gasteiger partial charge on any atom is -0.395 e. The molecule has 1 aliphatic rings. The second-order valence-electron chi connectivity index (χ2n) is 5.41. The van der Waals surface area contributed by atoms with Crippen LogP contribution in [0.25, 0.3) is 11.0 Å². The highest BCUT2D eigenvalue weighted by molar-refractivity contribution is 6.28. The number of nitrogens with zero attached hydrogens (tertiary/aromatic N) is 3. The van der Waals surface area contributed by atoms with Crippen LogP contribution in [0.1, 0.15) is 18.9 Å². The van der Waals surface area contributed by atoms with Crippen molar-refractivity contribution in [2.24, 2.45) is 5.41 Å².